The Balaban J connectivity index is 2.58. The average molecular weight is 249 g/mol. The first-order valence-electron chi connectivity index (χ1n) is 5.97. The lowest BCUT2D eigenvalue weighted by Gasteiger charge is -2.35. The second-order valence-corrected chi connectivity index (χ2v) is 6.99. The zero-order valence-electron chi connectivity index (χ0n) is 10.2. The van der Waals surface area contributed by atoms with E-state index < -0.39 is 9.84 Å². The summed E-state index contributed by atoms with van der Waals surface area (Å²) in [7, 11) is -2.93. The van der Waals surface area contributed by atoms with Crippen molar-refractivity contribution in [1.29, 1.82) is 0 Å². The maximum Gasteiger partial charge on any atom is 0.147 e. The topological polar surface area (TPSA) is 69.4 Å². The highest BCUT2D eigenvalue weighted by molar-refractivity contribution is 7.90. The van der Waals surface area contributed by atoms with Gasteiger partial charge < -0.3 is 10.5 Å². The summed E-state index contributed by atoms with van der Waals surface area (Å²) in [6.45, 7) is 2.61. The van der Waals surface area contributed by atoms with E-state index in [4.69, 9.17) is 10.5 Å². The molecule has 0 saturated heterocycles. The van der Waals surface area contributed by atoms with E-state index in [0.717, 1.165) is 25.7 Å². The van der Waals surface area contributed by atoms with Crippen molar-refractivity contribution in [2.24, 2.45) is 5.73 Å². The molecule has 1 atom stereocenters. The van der Waals surface area contributed by atoms with Crippen molar-refractivity contribution in [2.45, 2.75) is 50.7 Å². The second kappa shape index (κ2) is 5.47. The average Bonchev–Trinajstić information content (AvgIpc) is 2.63. The van der Waals surface area contributed by atoms with Gasteiger partial charge in [-0.05, 0) is 26.2 Å². The van der Waals surface area contributed by atoms with Gasteiger partial charge in [0, 0.05) is 18.9 Å². The maximum absolute atomic E-state index is 11.1. The number of nitrogens with two attached hydrogens (primary N) is 1. The van der Waals surface area contributed by atoms with Crippen LogP contribution < -0.4 is 5.73 Å². The summed E-state index contributed by atoms with van der Waals surface area (Å²) in [5.41, 5.74) is 5.85. The molecule has 0 amide bonds. The highest BCUT2D eigenvalue weighted by Gasteiger charge is 2.40. The number of hydrogen-bond donors (Lipinski definition) is 1. The van der Waals surface area contributed by atoms with Crippen molar-refractivity contribution in [2.75, 3.05) is 18.6 Å². The fraction of sp³-hybridized carbons (Fsp3) is 1.00. The quantitative estimate of drug-likeness (QED) is 0.765. The lowest BCUT2D eigenvalue weighted by atomic mass is 9.91. The van der Waals surface area contributed by atoms with E-state index in [-0.39, 0.29) is 17.4 Å². The molecule has 1 aliphatic carbocycles. The molecule has 0 spiro atoms. The van der Waals surface area contributed by atoms with Crippen LogP contribution in [0, 0.1) is 0 Å². The molecule has 4 nitrogen and oxygen atoms in total. The number of hydrogen-bond acceptors (Lipinski definition) is 4. The molecule has 16 heavy (non-hydrogen) atoms. The van der Waals surface area contributed by atoms with Gasteiger partial charge in [0.05, 0.1) is 11.4 Å². The van der Waals surface area contributed by atoms with Crippen molar-refractivity contribution < 1.29 is 13.2 Å². The summed E-state index contributed by atoms with van der Waals surface area (Å²) in [6.07, 6.45) is 5.94. The Kier molecular flexibility index (Phi) is 4.76. The van der Waals surface area contributed by atoms with Gasteiger partial charge in [-0.3, -0.25) is 0 Å². The Morgan fingerprint density at radius 1 is 1.38 bits per heavy atom. The van der Waals surface area contributed by atoms with Gasteiger partial charge in [-0.1, -0.05) is 12.8 Å². The minimum atomic E-state index is -2.93. The predicted molar refractivity (Wildman–Crippen MR) is 65.1 cm³/mol. The summed E-state index contributed by atoms with van der Waals surface area (Å²) < 4.78 is 28.0. The van der Waals surface area contributed by atoms with Crippen LogP contribution in [0.3, 0.4) is 0 Å². The van der Waals surface area contributed by atoms with Gasteiger partial charge >= 0.3 is 0 Å². The first-order chi connectivity index (χ1) is 7.40. The minimum Gasteiger partial charge on any atom is -0.374 e. The second-order valence-electron chi connectivity index (χ2n) is 4.73. The lowest BCUT2D eigenvalue weighted by molar-refractivity contribution is -0.0531. The molecule has 0 aromatic carbocycles. The molecule has 0 radical (unpaired) electrons. The summed E-state index contributed by atoms with van der Waals surface area (Å²) >= 11 is 0. The van der Waals surface area contributed by atoms with Crippen LogP contribution in [0.1, 0.15) is 39.0 Å². The third kappa shape index (κ3) is 3.71. The zero-order chi connectivity index (χ0) is 12.2. The minimum absolute atomic E-state index is 0.156. The molecule has 0 aliphatic heterocycles. The molecule has 1 rings (SSSR count). The Bertz CT molecular complexity index is 307. The van der Waals surface area contributed by atoms with Crippen LogP contribution in [0.5, 0.6) is 0 Å². The van der Waals surface area contributed by atoms with Gasteiger partial charge in [0.15, 0.2) is 0 Å². The van der Waals surface area contributed by atoms with E-state index in [9.17, 15) is 8.42 Å². The molecule has 1 aliphatic rings. The van der Waals surface area contributed by atoms with Gasteiger partial charge in [-0.15, -0.1) is 0 Å². The molecule has 2 N–H and O–H groups in total. The molecule has 0 bridgehead atoms. The zero-order valence-corrected chi connectivity index (χ0v) is 11.1. The Hall–Kier alpha value is -0.130. The van der Waals surface area contributed by atoms with Crippen molar-refractivity contribution in [3.8, 4) is 0 Å². The summed E-state index contributed by atoms with van der Waals surface area (Å²) in [4.78, 5) is 0. The highest BCUT2D eigenvalue weighted by Crippen LogP contribution is 2.36. The third-order valence-corrected chi connectivity index (χ3v) is 4.33. The summed E-state index contributed by atoms with van der Waals surface area (Å²) in [5, 5.41) is 0. The van der Waals surface area contributed by atoms with Crippen LogP contribution >= 0.6 is 0 Å². The molecular weight excluding hydrogens is 226 g/mol. The van der Waals surface area contributed by atoms with E-state index >= 15 is 0 Å². The van der Waals surface area contributed by atoms with Gasteiger partial charge in [-0.2, -0.15) is 0 Å². The van der Waals surface area contributed by atoms with Crippen molar-refractivity contribution in [1.82, 2.24) is 0 Å². The van der Waals surface area contributed by atoms with Gasteiger partial charge in [0.1, 0.15) is 9.84 Å². The first-order valence-corrected chi connectivity index (χ1v) is 8.03. The maximum atomic E-state index is 11.1. The molecule has 1 unspecified atom stereocenters. The van der Waals surface area contributed by atoms with Crippen LogP contribution in [-0.4, -0.2) is 38.7 Å². The highest BCUT2D eigenvalue weighted by atomic mass is 32.2. The molecular formula is C11H23NO3S. The third-order valence-electron chi connectivity index (χ3n) is 3.36. The van der Waals surface area contributed by atoms with Crippen molar-refractivity contribution in [3.63, 3.8) is 0 Å². The normalized spacial score (nSPS) is 22.2. The molecule has 0 aromatic rings. The predicted octanol–water partition coefficient (Wildman–Crippen LogP) is 1.10. The molecule has 5 heteroatoms. The van der Waals surface area contributed by atoms with E-state index in [1.807, 2.05) is 6.92 Å². The van der Waals surface area contributed by atoms with E-state index in [2.05, 4.69) is 0 Å². The summed E-state index contributed by atoms with van der Waals surface area (Å²) in [6, 6.07) is -0.162. The molecule has 96 valence electrons. The lowest BCUT2D eigenvalue weighted by Crippen LogP contribution is -2.49. The van der Waals surface area contributed by atoms with E-state index in [1.165, 1.54) is 6.26 Å². The smallest absolute Gasteiger partial charge is 0.147 e. The van der Waals surface area contributed by atoms with Crippen LogP contribution in [0.15, 0.2) is 0 Å². The first kappa shape index (κ1) is 13.9. The standard InChI is InChI=1S/C11H23NO3S/c1-3-15-11(7-4-5-8-11)10(12)6-9-16(2,13)14/h10H,3-9,12H2,1-2H3. The Morgan fingerprint density at radius 2 is 1.94 bits per heavy atom. The molecule has 0 heterocycles. The Morgan fingerprint density at radius 3 is 2.38 bits per heavy atom. The number of ether oxygens (including phenoxy) is 1. The van der Waals surface area contributed by atoms with E-state index in [1.54, 1.807) is 0 Å². The van der Waals surface area contributed by atoms with Crippen LogP contribution in [0.25, 0.3) is 0 Å². The van der Waals surface area contributed by atoms with Crippen molar-refractivity contribution >= 4 is 9.84 Å². The Labute approximate surface area is 98.5 Å². The fourth-order valence-electron chi connectivity index (χ4n) is 2.49. The molecule has 1 fully saturated rings. The van der Waals surface area contributed by atoms with Gasteiger partial charge in [0.2, 0.25) is 0 Å². The SMILES string of the molecule is CCOC1(C(N)CCS(C)(=O)=O)CCCC1. The number of rotatable bonds is 6. The largest absolute Gasteiger partial charge is 0.374 e. The fourth-order valence-corrected chi connectivity index (χ4v) is 3.17. The number of sulfone groups is 1. The molecule has 1 saturated carbocycles. The van der Waals surface area contributed by atoms with E-state index in [0.29, 0.717) is 13.0 Å². The summed E-state index contributed by atoms with van der Waals surface area (Å²) in [5.74, 6) is 0.156. The van der Waals surface area contributed by atoms with Crippen molar-refractivity contribution in [3.05, 3.63) is 0 Å². The molecule has 0 aromatic heterocycles. The van der Waals surface area contributed by atoms with Crippen LogP contribution in [-0.2, 0) is 14.6 Å². The van der Waals surface area contributed by atoms with Gasteiger partial charge in [0.25, 0.3) is 0 Å². The van der Waals surface area contributed by atoms with Crippen LogP contribution in [0.4, 0.5) is 0 Å². The van der Waals surface area contributed by atoms with Crippen LogP contribution in [0.2, 0.25) is 0 Å². The monoisotopic (exact) mass is 249 g/mol. The van der Waals surface area contributed by atoms with Gasteiger partial charge in [-0.25, -0.2) is 8.42 Å².